The molecule has 0 aromatic heterocycles. The topological polar surface area (TPSA) is 57.5 Å². The summed E-state index contributed by atoms with van der Waals surface area (Å²) in [4.78, 5) is 18.4. The maximum absolute atomic E-state index is 11.2. The molecule has 0 aromatic rings. The minimum atomic E-state index is -3.89. The van der Waals surface area contributed by atoms with Gasteiger partial charge in [0.2, 0.25) is 0 Å². The first kappa shape index (κ1) is 14.2. The minimum absolute atomic E-state index is 0.181. The Balaban J connectivity index is 4.37. The van der Waals surface area contributed by atoms with E-state index in [-0.39, 0.29) is 5.92 Å². The maximum atomic E-state index is 11.2. The second-order valence-corrected chi connectivity index (χ2v) is 5.72. The zero-order chi connectivity index (χ0) is 11.2. The lowest BCUT2D eigenvalue weighted by molar-refractivity contribution is 0.315. The van der Waals surface area contributed by atoms with E-state index in [0.717, 1.165) is 25.7 Å². The molecule has 0 amide bonds. The number of hydrogen-bond acceptors (Lipinski definition) is 1. The van der Waals surface area contributed by atoms with Crippen LogP contribution in [0.15, 0.2) is 0 Å². The Bertz CT molecular complexity index is 188. The summed E-state index contributed by atoms with van der Waals surface area (Å²) < 4.78 is 11.2. The smallest absolute Gasteiger partial charge is 0.324 e. The summed E-state index contributed by atoms with van der Waals surface area (Å²) in [7, 11) is -3.89. The fourth-order valence-corrected chi connectivity index (χ4v) is 3.37. The number of unbranched alkanes of at least 4 members (excludes halogenated alkanes) is 1. The largest absolute Gasteiger partial charge is 0.328 e. The first-order chi connectivity index (χ1) is 6.47. The van der Waals surface area contributed by atoms with E-state index in [0.29, 0.717) is 6.42 Å². The summed E-state index contributed by atoms with van der Waals surface area (Å²) in [5.74, 6) is 0.181. The van der Waals surface area contributed by atoms with Gasteiger partial charge in [-0.3, -0.25) is 4.57 Å². The van der Waals surface area contributed by atoms with E-state index in [9.17, 15) is 14.4 Å². The van der Waals surface area contributed by atoms with Gasteiger partial charge in [0.1, 0.15) is 0 Å². The van der Waals surface area contributed by atoms with E-state index >= 15 is 0 Å². The first-order valence-electron chi connectivity index (χ1n) is 5.52. The van der Waals surface area contributed by atoms with Gasteiger partial charge in [0, 0.05) is 0 Å². The van der Waals surface area contributed by atoms with E-state index < -0.39 is 13.3 Å². The van der Waals surface area contributed by atoms with Gasteiger partial charge in [-0.25, -0.2) is 0 Å². The molecule has 0 heterocycles. The normalized spacial score (nSPS) is 16.6. The van der Waals surface area contributed by atoms with Crippen molar-refractivity contribution in [3.05, 3.63) is 0 Å². The molecule has 2 unspecified atom stereocenters. The molecular formula is C10H23O3P. The highest BCUT2D eigenvalue weighted by Gasteiger charge is 2.32. The predicted molar refractivity (Wildman–Crippen MR) is 59.4 cm³/mol. The summed E-state index contributed by atoms with van der Waals surface area (Å²) in [6.07, 6.45) is 4.54. The fraction of sp³-hybridized carbons (Fsp3) is 1.00. The third-order valence-corrected chi connectivity index (χ3v) is 4.50. The molecule has 0 radical (unpaired) electrons. The highest BCUT2D eigenvalue weighted by molar-refractivity contribution is 7.52. The molecule has 0 saturated heterocycles. The van der Waals surface area contributed by atoms with Gasteiger partial charge in [0.15, 0.2) is 0 Å². The van der Waals surface area contributed by atoms with Crippen molar-refractivity contribution in [1.82, 2.24) is 0 Å². The van der Waals surface area contributed by atoms with Gasteiger partial charge >= 0.3 is 7.60 Å². The lowest BCUT2D eigenvalue weighted by Gasteiger charge is -2.25. The summed E-state index contributed by atoms with van der Waals surface area (Å²) in [5.41, 5.74) is -0.431. The van der Waals surface area contributed by atoms with Crippen molar-refractivity contribution < 1.29 is 14.4 Å². The Morgan fingerprint density at radius 1 is 1.14 bits per heavy atom. The van der Waals surface area contributed by atoms with Crippen molar-refractivity contribution in [2.24, 2.45) is 5.92 Å². The molecule has 0 spiro atoms. The van der Waals surface area contributed by atoms with Crippen LogP contribution in [0.25, 0.3) is 0 Å². The van der Waals surface area contributed by atoms with Crippen LogP contribution in [-0.4, -0.2) is 15.4 Å². The molecule has 86 valence electrons. The highest BCUT2D eigenvalue weighted by atomic mass is 31.2. The summed E-state index contributed by atoms with van der Waals surface area (Å²) in [6, 6.07) is 0. The van der Waals surface area contributed by atoms with E-state index in [1.54, 1.807) is 0 Å². The van der Waals surface area contributed by atoms with Crippen LogP contribution in [0.1, 0.15) is 52.9 Å². The molecule has 0 aliphatic carbocycles. The van der Waals surface area contributed by atoms with E-state index in [4.69, 9.17) is 0 Å². The third-order valence-electron chi connectivity index (χ3n) is 2.85. The molecule has 0 fully saturated rings. The Morgan fingerprint density at radius 2 is 1.71 bits per heavy atom. The number of hydrogen-bond donors (Lipinski definition) is 2. The van der Waals surface area contributed by atoms with Crippen LogP contribution in [0, 0.1) is 5.92 Å². The van der Waals surface area contributed by atoms with Crippen LogP contribution in [-0.2, 0) is 4.57 Å². The maximum Gasteiger partial charge on any atom is 0.328 e. The SMILES string of the molecule is CCCCC(CC)C(CC)P(=O)(O)O. The lowest BCUT2D eigenvalue weighted by Crippen LogP contribution is -2.19. The molecule has 14 heavy (non-hydrogen) atoms. The highest BCUT2D eigenvalue weighted by Crippen LogP contribution is 2.48. The van der Waals surface area contributed by atoms with Crippen molar-refractivity contribution in [2.45, 2.75) is 58.5 Å². The van der Waals surface area contributed by atoms with Crippen LogP contribution in [0.3, 0.4) is 0 Å². The molecular weight excluding hydrogens is 199 g/mol. The Kier molecular flexibility index (Phi) is 6.67. The zero-order valence-corrected chi connectivity index (χ0v) is 10.3. The van der Waals surface area contributed by atoms with Gasteiger partial charge in [-0.15, -0.1) is 0 Å². The van der Waals surface area contributed by atoms with Gasteiger partial charge in [0.05, 0.1) is 5.66 Å². The Labute approximate surface area is 87.1 Å². The molecule has 0 rings (SSSR count). The van der Waals surface area contributed by atoms with Crippen molar-refractivity contribution in [3.8, 4) is 0 Å². The van der Waals surface area contributed by atoms with E-state index in [1.165, 1.54) is 0 Å². The van der Waals surface area contributed by atoms with Gasteiger partial charge in [-0.1, -0.05) is 40.0 Å². The molecule has 0 aliphatic rings. The van der Waals surface area contributed by atoms with Gasteiger partial charge in [0.25, 0.3) is 0 Å². The average molecular weight is 222 g/mol. The molecule has 0 bridgehead atoms. The van der Waals surface area contributed by atoms with Gasteiger partial charge in [-0.05, 0) is 18.8 Å². The summed E-state index contributed by atoms with van der Waals surface area (Å²) >= 11 is 0. The van der Waals surface area contributed by atoms with Crippen LogP contribution >= 0.6 is 7.60 Å². The molecule has 2 N–H and O–H groups in total. The molecule has 4 heteroatoms. The monoisotopic (exact) mass is 222 g/mol. The van der Waals surface area contributed by atoms with Crippen molar-refractivity contribution >= 4 is 7.60 Å². The second-order valence-electron chi connectivity index (χ2n) is 3.88. The zero-order valence-electron chi connectivity index (χ0n) is 9.44. The Hall–Kier alpha value is 0.150. The lowest BCUT2D eigenvalue weighted by atomic mass is 9.94. The van der Waals surface area contributed by atoms with Crippen molar-refractivity contribution in [3.63, 3.8) is 0 Å². The van der Waals surface area contributed by atoms with Gasteiger partial charge in [-0.2, -0.15) is 0 Å². The molecule has 3 nitrogen and oxygen atoms in total. The molecule has 2 atom stereocenters. The molecule has 0 aliphatic heterocycles. The predicted octanol–water partition coefficient (Wildman–Crippen LogP) is 3.16. The van der Waals surface area contributed by atoms with E-state index in [1.807, 2.05) is 13.8 Å². The molecule has 0 aromatic carbocycles. The van der Waals surface area contributed by atoms with E-state index in [2.05, 4.69) is 6.92 Å². The third kappa shape index (κ3) is 4.59. The van der Waals surface area contributed by atoms with Crippen molar-refractivity contribution in [2.75, 3.05) is 0 Å². The standard InChI is InChI=1S/C10H23O3P/c1-4-7-8-9(5-2)10(6-3)14(11,12)13/h9-10H,4-8H2,1-3H3,(H2,11,12,13). The van der Waals surface area contributed by atoms with Crippen LogP contribution in [0.5, 0.6) is 0 Å². The van der Waals surface area contributed by atoms with Crippen LogP contribution in [0.4, 0.5) is 0 Å². The average Bonchev–Trinajstić information content (AvgIpc) is 2.09. The molecule has 0 saturated carbocycles. The fourth-order valence-electron chi connectivity index (χ4n) is 1.98. The first-order valence-corrected chi connectivity index (χ1v) is 7.20. The Morgan fingerprint density at radius 3 is 2.00 bits per heavy atom. The number of rotatable bonds is 7. The summed E-state index contributed by atoms with van der Waals surface area (Å²) in [6.45, 7) is 5.97. The van der Waals surface area contributed by atoms with Crippen LogP contribution < -0.4 is 0 Å². The van der Waals surface area contributed by atoms with Crippen molar-refractivity contribution in [1.29, 1.82) is 0 Å². The minimum Gasteiger partial charge on any atom is -0.324 e. The summed E-state index contributed by atoms with van der Waals surface area (Å²) in [5, 5.41) is 0. The second kappa shape index (κ2) is 6.60. The quantitative estimate of drug-likeness (QED) is 0.650. The van der Waals surface area contributed by atoms with Gasteiger partial charge < -0.3 is 9.79 Å². The van der Waals surface area contributed by atoms with Crippen LogP contribution in [0.2, 0.25) is 0 Å².